The predicted octanol–water partition coefficient (Wildman–Crippen LogP) is 9.41. The maximum Gasteiger partial charge on any atom is 0.235 e. The monoisotopic (exact) mass is 718 g/mol. The second-order valence-corrected chi connectivity index (χ2v) is 18.1. The lowest BCUT2D eigenvalue weighted by Gasteiger charge is -2.34. The molecule has 0 radical (unpaired) electrons. The Morgan fingerprint density at radius 2 is 1.07 bits per heavy atom. The van der Waals surface area contributed by atoms with E-state index >= 15 is 0 Å². The summed E-state index contributed by atoms with van der Waals surface area (Å²) in [6, 6.07) is 70.5. The van der Waals surface area contributed by atoms with Crippen LogP contribution in [-0.4, -0.2) is 27.6 Å². The summed E-state index contributed by atoms with van der Waals surface area (Å²) in [5.41, 5.74) is 6.32. The third kappa shape index (κ3) is 4.84. The van der Waals surface area contributed by atoms with Gasteiger partial charge >= 0.3 is 0 Å². The summed E-state index contributed by atoms with van der Waals surface area (Å²) >= 11 is 0. The Morgan fingerprint density at radius 1 is 0.436 bits per heavy atom. The molecule has 0 amide bonds. The quantitative estimate of drug-likeness (QED) is 0.138. The van der Waals surface area contributed by atoms with Crippen molar-refractivity contribution in [2.24, 2.45) is 0 Å². The number of hydrogen-bond acceptors (Lipinski definition) is 2. The summed E-state index contributed by atoms with van der Waals surface area (Å²) < 4.78 is 2.24. The van der Waals surface area contributed by atoms with E-state index < -0.39 is 8.07 Å². The molecular formula is C50H34N4Si. The van der Waals surface area contributed by atoms with Gasteiger partial charge in [0.2, 0.25) is 5.95 Å². The van der Waals surface area contributed by atoms with Crippen LogP contribution in [0.15, 0.2) is 200 Å². The van der Waals surface area contributed by atoms with E-state index in [4.69, 9.17) is 9.97 Å². The molecule has 11 aromatic rings. The SMILES string of the molecule is c1ccc([Si](c2ccccc2)(c2ccccc2)c2cccc(-c3ccnc(-n4c5cc6[nH]c7ccccc7c6cc5c5c6ccccc6ccc54)n3)c2)cc1. The second kappa shape index (κ2) is 12.5. The molecular weight excluding hydrogens is 685 g/mol. The molecule has 258 valence electrons. The van der Waals surface area contributed by atoms with Crippen molar-refractivity contribution >= 4 is 83.2 Å². The largest absolute Gasteiger partial charge is 0.354 e. The first-order valence-electron chi connectivity index (χ1n) is 18.7. The summed E-state index contributed by atoms with van der Waals surface area (Å²) in [7, 11) is -2.72. The highest BCUT2D eigenvalue weighted by molar-refractivity contribution is 7.19. The Kier molecular flexibility index (Phi) is 7.15. The van der Waals surface area contributed by atoms with E-state index in [1.807, 2.05) is 12.3 Å². The van der Waals surface area contributed by atoms with Crippen molar-refractivity contribution in [3.8, 4) is 17.2 Å². The zero-order chi connectivity index (χ0) is 36.3. The molecule has 0 unspecified atom stereocenters. The van der Waals surface area contributed by atoms with Gasteiger partial charge < -0.3 is 4.98 Å². The van der Waals surface area contributed by atoms with Gasteiger partial charge in [-0.1, -0.05) is 164 Å². The van der Waals surface area contributed by atoms with Crippen LogP contribution in [0.3, 0.4) is 0 Å². The number of nitrogens with one attached hydrogen (secondary N) is 1. The van der Waals surface area contributed by atoms with Crippen LogP contribution < -0.4 is 20.7 Å². The van der Waals surface area contributed by atoms with Crippen molar-refractivity contribution in [2.45, 2.75) is 0 Å². The van der Waals surface area contributed by atoms with Gasteiger partial charge in [-0.15, -0.1) is 0 Å². The summed E-state index contributed by atoms with van der Waals surface area (Å²) in [5, 5.41) is 12.6. The molecule has 0 saturated heterocycles. The van der Waals surface area contributed by atoms with E-state index in [1.54, 1.807) is 0 Å². The first-order valence-corrected chi connectivity index (χ1v) is 20.7. The maximum atomic E-state index is 5.39. The molecule has 3 heterocycles. The molecule has 0 saturated carbocycles. The fourth-order valence-corrected chi connectivity index (χ4v) is 13.7. The molecule has 4 nitrogen and oxygen atoms in total. The summed E-state index contributed by atoms with van der Waals surface area (Å²) in [6.45, 7) is 0. The number of rotatable bonds is 6. The molecule has 0 aliphatic carbocycles. The first-order chi connectivity index (χ1) is 27.3. The Balaban J connectivity index is 1.15. The van der Waals surface area contributed by atoms with E-state index in [0.29, 0.717) is 5.95 Å². The minimum atomic E-state index is -2.72. The van der Waals surface area contributed by atoms with Gasteiger partial charge in [0, 0.05) is 44.3 Å². The van der Waals surface area contributed by atoms with Crippen LogP contribution in [0.2, 0.25) is 0 Å². The number of nitrogens with zero attached hydrogens (tertiary/aromatic N) is 3. The molecule has 11 rings (SSSR count). The number of aromatic amines is 1. The van der Waals surface area contributed by atoms with Gasteiger partial charge in [0.15, 0.2) is 8.07 Å². The van der Waals surface area contributed by atoms with Crippen molar-refractivity contribution in [3.05, 3.63) is 200 Å². The molecule has 0 spiro atoms. The van der Waals surface area contributed by atoms with Crippen LogP contribution in [-0.2, 0) is 0 Å². The number of fused-ring (bicyclic) bond motifs is 8. The second-order valence-electron chi connectivity index (χ2n) is 14.3. The van der Waals surface area contributed by atoms with Gasteiger partial charge in [-0.3, -0.25) is 4.57 Å². The lowest BCUT2D eigenvalue weighted by atomic mass is 10.0. The van der Waals surface area contributed by atoms with Crippen molar-refractivity contribution < 1.29 is 0 Å². The lowest BCUT2D eigenvalue weighted by molar-refractivity contribution is 0.993. The topological polar surface area (TPSA) is 46.5 Å². The first kappa shape index (κ1) is 31.4. The minimum Gasteiger partial charge on any atom is -0.354 e. The van der Waals surface area contributed by atoms with Crippen LogP contribution >= 0.6 is 0 Å². The number of H-pyrrole nitrogens is 1. The maximum absolute atomic E-state index is 5.39. The molecule has 0 bridgehead atoms. The zero-order valence-corrected chi connectivity index (χ0v) is 30.9. The highest BCUT2D eigenvalue weighted by Gasteiger charge is 2.41. The molecule has 8 aromatic carbocycles. The highest BCUT2D eigenvalue weighted by Crippen LogP contribution is 2.39. The molecule has 0 aliphatic rings. The van der Waals surface area contributed by atoms with E-state index in [-0.39, 0.29) is 0 Å². The number of para-hydroxylation sites is 1. The van der Waals surface area contributed by atoms with Gasteiger partial charge in [-0.2, -0.15) is 0 Å². The van der Waals surface area contributed by atoms with Crippen LogP contribution in [0.1, 0.15) is 0 Å². The van der Waals surface area contributed by atoms with Crippen LogP contribution in [0.5, 0.6) is 0 Å². The number of aromatic nitrogens is 4. The number of hydrogen-bond donors (Lipinski definition) is 1. The minimum absolute atomic E-state index is 0.645. The van der Waals surface area contributed by atoms with E-state index in [0.717, 1.165) is 33.3 Å². The van der Waals surface area contributed by atoms with Gasteiger partial charge in [-0.05, 0) is 61.9 Å². The zero-order valence-electron chi connectivity index (χ0n) is 29.9. The highest BCUT2D eigenvalue weighted by atomic mass is 28.3. The molecule has 0 atom stereocenters. The average molecular weight is 719 g/mol. The number of benzene rings is 8. The third-order valence-corrected chi connectivity index (χ3v) is 16.1. The Bertz CT molecular complexity index is 3110. The van der Waals surface area contributed by atoms with Crippen molar-refractivity contribution in [3.63, 3.8) is 0 Å². The van der Waals surface area contributed by atoms with Crippen LogP contribution in [0, 0.1) is 0 Å². The summed E-state index contributed by atoms with van der Waals surface area (Å²) in [5.74, 6) is 0.645. The average Bonchev–Trinajstić information content (AvgIpc) is 3.79. The molecule has 5 heteroatoms. The summed E-state index contributed by atoms with van der Waals surface area (Å²) in [6.07, 6.45) is 1.90. The Hall–Kier alpha value is -7.08. The molecule has 3 aromatic heterocycles. The van der Waals surface area contributed by atoms with E-state index in [2.05, 4.69) is 198 Å². The van der Waals surface area contributed by atoms with Gasteiger partial charge in [0.1, 0.15) is 0 Å². The Morgan fingerprint density at radius 3 is 1.80 bits per heavy atom. The van der Waals surface area contributed by atoms with E-state index in [9.17, 15) is 0 Å². The fraction of sp³-hybridized carbons (Fsp3) is 0. The molecule has 1 N–H and O–H groups in total. The van der Waals surface area contributed by atoms with Crippen molar-refractivity contribution in [2.75, 3.05) is 0 Å². The standard InChI is InChI=1S/C50H34N4Si/c1-4-17-36(18-5-1)55(37-19-6-2-7-20-37,38-21-8-3-9-22-38)39-23-14-16-35(31-39)44-29-30-51-50(53-44)54-47-28-27-34-15-10-11-24-40(34)49(47)43-32-42-41-25-12-13-26-45(41)52-46(42)33-48(43)54/h1-33,52H. The van der Waals surface area contributed by atoms with Gasteiger partial charge in [0.25, 0.3) is 0 Å². The smallest absolute Gasteiger partial charge is 0.235 e. The van der Waals surface area contributed by atoms with E-state index in [1.165, 1.54) is 53.1 Å². The predicted molar refractivity (Wildman–Crippen MR) is 232 cm³/mol. The van der Waals surface area contributed by atoms with Gasteiger partial charge in [-0.25, -0.2) is 9.97 Å². The molecule has 0 fully saturated rings. The summed E-state index contributed by atoms with van der Waals surface area (Å²) in [4.78, 5) is 14.0. The normalized spacial score (nSPS) is 12.0. The van der Waals surface area contributed by atoms with Crippen molar-refractivity contribution in [1.82, 2.24) is 19.5 Å². The fourth-order valence-electron chi connectivity index (χ4n) is 8.94. The molecule has 0 aliphatic heterocycles. The lowest BCUT2D eigenvalue weighted by Crippen LogP contribution is -2.74. The molecule has 55 heavy (non-hydrogen) atoms. The third-order valence-electron chi connectivity index (χ3n) is 11.3. The Labute approximate surface area is 319 Å². The van der Waals surface area contributed by atoms with Crippen molar-refractivity contribution in [1.29, 1.82) is 0 Å². The van der Waals surface area contributed by atoms with Gasteiger partial charge in [0.05, 0.1) is 16.7 Å². The van der Waals surface area contributed by atoms with Crippen LogP contribution in [0.25, 0.3) is 71.6 Å². The van der Waals surface area contributed by atoms with Crippen LogP contribution in [0.4, 0.5) is 0 Å².